The van der Waals surface area contributed by atoms with E-state index in [1.165, 1.54) is 0 Å². The van der Waals surface area contributed by atoms with Gasteiger partial charge in [0.2, 0.25) is 0 Å². The van der Waals surface area contributed by atoms with E-state index in [0.717, 1.165) is 0 Å². The van der Waals surface area contributed by atoms with Crippen LogP contribution < -0.4 is 0 Å². The lowest BCUT2D eigenvalue weighted by Crippen LogP contribution is -2.25. The van der Waals surface area contributed by atoms with Gasteiger partial charge in [0.15, 0.2) is 9.84 Å². The molecule has 3 nitrogen and oxygen atoms in total. The third-order valence-corrected chi connectivity index (χ3v) is 5.49. The third kappa shape index (κ3) is 1.40. The molecule has 0 aliphatic heterocycles. The van der Waals surface area contributed by atoms with Crippen LogP contribution in [0.2, 0.25) is 0 Å². The third-order valence-electron chi connectivity index (χ3n) is 2.88. The summed E-state index contributed by atoms with van der Waals surface area (Å²) in [5, 5.41) is 0. The molecule has 0 aromatic heterocycles. The molecule has 1 aliphatic carbocycles. The Bertz CT molecular complexity index is 498. The minimum Gasteiger partial charge on any atom is -0.302 e. The Morgan fingerprint density at radius 2 is 1.87 bits per heavy atom. The zero-order valence-electron chi connectivity index (χ0n) is 8.43. The molecule has 0 saturated heterocycles. The van der Waals surface area contributed by atoms with Crippen LogP contribution in [-0.4, -0.2) is 19.5 Å². The van der Waals surface area contributed by atoms with Crippen LogP contribution in [0.25, 0.3) is 0 Å². The summed E-state index contributed by atoms with van der Waals surface area (Å²) >= 11 is 0. The Balaban J connectivity index is 2.57. The zero-order chi connectivity index (χ0) is 11.1. The summed E-state index contributed by atoms with van der Waals surface area (Å²) < 4.78 is 23.1. The summed E-state index contributed by atoms with van der Waals surface area (Å²) in [6.07, 6.45) is 1.48. The normalized spacial score (nSPS) is 18.5. The molecule has 0 heterocycles. The van der Waals surface area contributed by atoms with Crippen LogP contribution in [0, 0.1) is 6.92 Å². The second kappa shape index (κ2) is 3.17. The minimum atomic E-state index is -3.48. The molecule has 0 radical (unpaired) electrons. The molecule has 0 atom stereocenters. The highest BCUT2D eigenvalue weighted by molar-refractivity contribution is 7.94. The number of hydrogen-bond acceptors (Lipinski definition) is 3. The molecular weight excluding hydrogens is 212 g/mol. The van der Waals surface area contributed by atoms with Crippen LogP contribution in [0.15, 0.2) is 29.2 Å². The van der Waals surface area contributed by atoms with Gasteiger partial charge in [-0.15, -0.1) is 0 Å². The van der Waals surface area contributed by atoms with Crippen molar-refractivity contribution in [2.75, 3.05) is 0 Å². The molecule has 2 rings (SSSR count). The molecule has 1 fully saturated rings. The Hall–Kier alpha value is -1.16. The summed E-state index contributed by atoms with van der Waals surface area (Å²) in [5.74, 6) is 0. The second-order valence-electron chi connectivity index (χ2n) is 3.95. The van der Waals surface area contributed by atoms with E-state index in [1.807, 2.05) is 0 Å². The fraction of sp³-hybridized carbons (Fsp3) is 0.364. The highest BCUT2D eigenvalue weighted by atomic mass is 32.2. The van der Waals surface area contributed by atoms with Crippen LogP contribution in [0.4, 0.5) is 0 Å². The molecule has 0 amide bonds. The molecule has 4 heteroatoms. The van der Waals surface area contributed by atoms with Crippen molar-refractivity contribution in [2.24, 2.45) is 0 Å². The lowest BCUT2D eigenvalue weighted by atomic mass is 10.2. The fourth-order valence-corrected chi connectivity index (χ4v) is 3.60. The van der Waals surface area contributed by atoms with Crippen LogP contribution in [-0.2, 0) is 14.6 Å². The molecule has 1 aliphatic rings. The first-order valence-electron chi connectivity index (χ1n) is 4.80. The van der Waals surface area contributed by atoms with Crippen molar-refractivity contribution in [1.29, 1.82) is 0 Å². The Morgan fingerprint density at radius 3 is 2.33 bits per heavy atom. The van der Waals surface area contributed by atoms with E-state index >= 15 is 0 Å². The number of aldehydes is 1. The molecule has 80 valence electrons. The Kier molecular flexibility index (Phi) is 2.19. The van der Waals surface area contributed by atoms with Gasteiger partial charge >= 0.3 is 0 Å². The van der Waals surface area contributed by atoms with E-state index in [9.17, 15) is 13.2 Å². The fourth-order valence-electron chi connectivity index (χ4n) is 1.65. The number of carbonyl (C=O) groups is 1. The predicted molar refractivity (Wildman–Crippen MR) is 56.4 cm³/mol. The Labute approximate surface area is 89.0 Å². The largest absolute Gasteiger partial charge is 0.302 e. The zero-order valence-corrected chi connectivity index (χ0v) is 9.25. The van der Waals surface area contributed by atoms with Gasteiger partial charge in [0, 0.05) is 0 Å². The van der Waals surface area contributed by atoms with Crippen LogP contribution in [0.3, 0.4) is 0 Å². The van der Waals surface area contributed by atoms with E-state index in [2.05, 4.69) is 0 Å². The molecule has 15 heavy (non-hydrogen) atoms. The average molecular weight is 224 g/mol. The van der Waals surface area contributed by atoms with Crippen molar-refractivity contribution in [3.63, 3.8) is 0 Å². The number of sulfone groups is 1. The topological polar surface area (TPSA) is 51.2 Å². The van der Waals surface area contributed by atoms with Gasteiger partial charge < -0.3 is 4.79 Å². The second-order valence-corrected chi connectivity index (χ2v) is 6.21. The van der Waals surface area contributed by atoms with Crippen molar-refractivity contribution < 1.29 is 13.2 Å². The van der Waals surface area contributed by atoms with E-state index in [0.29, 0.717) is 24.7 Å². The number of hydrogen-bond donors (Lipinski definition) is 0. The standard InChI is InChI=1S/C11H12O3S/c1-9-4-2-3-5-10(9)15(13,14)11(8-12)6-7-11/h2-5,8H,6-7H2,1H3. The first-order chi connectivity index (χ1) is 7.03. The molecule has 0 N–H and O–H groups in total. The minimum absolute atomic E-state index is 0.287. The van der Waals surface area contributed by atoms with Crippen molar-refractivity contribution in [2.45, 2.75) is 29.4 Å². The molecule has 0 bridgehead atoms. The lowest BCUT2D eigenvalue weighted by molar-refractivity contribution is -0.108. The smallest absolute Gasteiger partial charge is 0.191 e. The maximum atomic E-state index is 12.1. The van der Waals surface area contributed by atoms with E-state index in [4.69, 9.17) is 0 Å². The van der Waals surface area contributed by atoms with Gasteiger partial charge in [-0.1, -0.05) is 18.2 Å². The van der Waals surface area contributed by atoms with Gasteiger partial charge in [-0.3, -0.25) is 0 Å². The van der Waals surface area contributed by atoms with Gasteiger partial charge in [0.1, 0.15) is 11.0 Å². The quantitative estimate of drug-likeness (QED) is 0.731. The van der Waals surface area contributed by atoms with Crippen LogP contribution >= 0.6 is 0 Å². The molecule has 0 unspecified atom stereocenters. The van der Waals surface area contributed by atoms with E-state index in [-0.39, 0.29) is 4.90 Å². The van der Waals surface area contributed by atoms with Gasteiger partial charge in [0.25, 0.3) is 0 Å². The van der Waals surface area contributed by atoms with E-state index < -0.39 is 14.6 Å². The summed E-state index contributed by atoms with van der Waals surface area (Å²) in [6.45, 7) is 1.74. The molecule has 1 aromatic carbocycles. The maximum Gasteiger partial charge on any atom is 0.191 e. The van der Waals surface area contributed by atoms with E-state index in [1.54, 1.807) is 31.2 Å². The van der Waals surface area contributed by atoms with Gasteiger partial charge in [-0.05, 0) is 31.4 Å². The summed E-state index contributed by atoms with van der Waals surface area (Å²) in [6, 6.07) is 6.78. The molecular formula is C11H12O3S. The Morgan fingerprint density at radius 1 is 1.27 bits per heavy atom. The van der Waals surface area contributed by atoms with Gasteiger partial charge in [-0.25, -0.2) is 8.42 Å². The van der Waals surface area contributed by atoms with Gasteiger partial charge in [0.05, 0.1) is 4.90 Å². The summed E-state index contributed by atoms with van der Waals surface area (Å²) in [5.41, 5.74) is 0.700. The summed E-state index contributed by atoms with van der Waals surface area (Å²) in [4.78, 5) is 11.1. The number of benzene rings is 1. The first kappa shape index (κ1) is 10.4. The number of rotatable bonds is 3. The first-order valence-corrected chi connectivity index (χ1v) is 6.28. The number of aryl methyl sites for hydroxylation is 1. The molecule has 0 spiro atoms. The van der Waals surface area contributed by atoms with Gasteiger partial charge in [-0.2, -0.15) is 0 Å². The maximum absolute atomic E-state index is 12.1. The highest BCUT2D eigenvalue weighted by Gasteiger charge is 2.55. The van der Waals surface area contributed by atoms with Crippen LogP contribution in [0.5, 0.6) is 0 Å². The monoisotopic (exact) mass is 224 g/mol. The van der Waals surface area contributed by atoms with Crippen molar-refractivity contribution in [1.82, 2.24) is 0 Å². The predicted octanol–water partition coefficient (Wildman–Crippen LogP) is 1.50. The van der Waals surface area contributed by atoms with Crippen molar-refractivity contribution in [3.8, 4) is 0 Å². The van der Waals surface area contributed by atoms with Crippen molar-refractivity contribution in [3.05, 3.63) is 29.8 Å². The SMILES string of the molecule is Cc1ccccc1S(=O)(=O)C1(C=O)CC1. The lowest BCUT2D eigenvalue weighted by Gasteiger charge is -2.11. The highest BCUT2D eigenvalue weighted by Crippen LogP contribution is 2.45. The van der Waals surface area contributed by atoms with Crippen molar-refractivity contribution >= 4 is 16.1 Å². The van der Waals surface area contributed by atoms with Crippen LogP contribution in [0.1, 0.15) is 18.4 Å². The molecule has 1 saturated carbocycles. The summed E-state index contributed by atoms with van der Waals surface area (Å²) in [7, 11) is -3.48. The molecule has 1 aromatic rings. The average Bonchev–Trinajstić information content (AvgIpc) is 2.98. The number of carbonyl (C=O) groups excluding carboxylic acids is 1.